The van der Waals surface area contributed by atoms with E-state index < -0.39 is 64.9 Å². The molecule has 14 heteroatoms. The third-order valence-electron chi connectivity index (χ3n) is 7.43. The molecule has 0 unspecified atom stereocenters. The lowest BCUT2D eigenvalue weighted by molar-refractivity contribution is -0.150. The van der Waals surface area contributed by atoms with Crippen molar-refractivity contribution in [2.75, 3.05) is 25.3 Å². The SMILES string of the molecule is COC(=O)[C@H](COC(C)(C)C)NC(=O)[C@H](NC(=O)[C@@H](CSCNC(C)=O)NC(=O)OC(C)(C)c1ccc(-c2ccccc2)cc1)[C@@H](C)OC(C)(C)C. The van der Waals surface area contributed by atoms with Gasteiger partial charge in [0.1, 0.15) is 17.7 Å². The van der Waals surface area contributed by atoms with E-state index in [1.54, 1.807) is 62.3 Å². The van der Waals surface area contributed by atoms with Crippen molar-refractivity contribution in [2.24, 2.45) is 0 Å². The molecular weight excluding hydrogens is 689 g/mol. The molecule has 4 amide bonds. The van der Waals surface area contributed by atoms with Gasteiger partial charge in [0.2, 0.25) is 17.7 Å². The average Bonchev–Trinajstić information content (AvgIpc) is 3.05. The Balaban J connectivity index is 2.31. The monoisotopic (exact) mass is 744 g/mol. The van der Waals surface area contributed by atoms with Crippen LogP contribution in [0.3, 0.4) is 0 Å². The van der Waals surface area contributed by atoms with Crippen LogP contribution in [0.5, 0.6) is 0 Å². The quantitative estimate of drug-likeness (QED) is 0.101. The van der Waals surface area contributed by atoms with Gasteiger partial charge in [0, 0.05) is 12.7 Å². The summed E-state index contributed by atoms with van der Waals surface area (Å²) in [6, 6.07) is 13.8. The first kappa shape index (κ1) is 44.0. The van der Waals surface area contributed by atoms with Crippen LogP contribution in [0.2, 0.25) is 0 Å². The van der Waals surface area contributed by atoms with Crippen LogP contribution in [0.1, 0.15) is 74.8 Å². The summed E-state index contributed by atoms with van der Waals surface area (Å²) in [6.45, 7) is 17.1. The highest BCUT2D eigenvalue weighted by Gasteiger charge is 2.36. The molecule has 52 heavy (non-hydrogen) atoms. The van der Waals surface area contributed by atoms with E-state index in [-0.39, 0.29) is 24.1 Å². The fraction of sp³-hybridized carbons (Fsp3) is 0.553. The van der Waals surface area contributed by atoms with E-state index in [0.29, 0.717) is 0 Å². The van der Waals surface area contributed by atoms with Crippen LogP contribution in [0.4, 0.5) is 4.79 Å². The zero-order valence-electron chi connectivity index (χ0n) is 32.2. The molecule has 4 N–H and O–H groups in total. The van der Waals surface area contributed by atoms with E-state index in [2.05, 4.69) is 21.3 Å². The molecule has 4 atom stereocenters. The summed E-state index contributed by atoms with van der Waals surface area (Å²) in [5.41, 5.74) is 0.365. The predicted octanol–water partition coefficient (Wildman–Crippen LogP) is 4.67. The van der Waals surface area contributed by atoms with Crippen molar-refractivity contribution >= 4 is 41.5 Å². The summed E-state index contributed by atoms with van der Waals surface area (Å²) in [7, 11) is 1.19. The van der Waals surface area contributed by atoms with E-state index in [1.165, 1.54) is 25.8 Å². The molecule has 0 bridgehead atoms. The lowest BCUT2D eigenvalue weighted by Crippen LogP contribution is -2.61. The van der Waals surface area contributed by atoms with Crippen LogP contribution < -0.4 is 21.3 Å². The second kappa shape index (κ2) is 19.6. The first-order chi connectivity index (χ1) is 24.1. The highest BCUT2D eigenvalue weighted by Crippen LogP contribution is 2.28. The molecule has 0 radical (unpaired) electrons. The molecule has 0 saturated carbocycles. The van der Waals surface area contributed by atoms with E-state index in [4.69, 9.17) is 18.9 Å². The maximum absolute atomic E-state index is 13.9. The van der Waals surface area contributed by atoms with Gasteiger partial charge in [0.05, 0.1) is 36.9 Å². The van der Waals surface area contributed by atoms with Crippen molar-refractivity contribution < 1.29 is 42.9 Å². The Morgan fingerprint density at radius 3 is 1.88 bits per heavy atom. The van der Waals surface area contributed by atoms with Gasteiger partial charge in [-0.1, -0.05) is 54.6 Å². The highest BCUT2D eigenvalue weighted by molar-refractivity contribution is 7.99. The smallest absolute Gasteiger partial charge is 0.408 e. The minimum atomic E-state index is -1.31. The summed E-state index contributed by atoms with van der Waals surface area (Å²) < 4.78 is 22.5. The van der Waals surface area contributed by atoms with Gasteiger partial charge in [0.25, 0.3) is 0 Å². The summed E-state index contributed by atoms with van der Waals surface area (Å²) in [5.74, 6) is -2.27. The van der Waals surface area contributed by atoms with Gasteiger partial charge in [-0.25, -0.2) is 9.59 Å². The Hall–Kier alpha value is -4.14. The number of carbonyl (C=O) groups excluding carboxylic acids is 5. The van der Waals surface area contributed by atoms with E-state index >= 15 is 0 Å². The molecule has 288 valence electrons. The van der Waals surface area contributed by atoms with Gasteiger partial charge in [-0.3, -0.25) is 14.4 Å². The molecule has 0 aromatic heterocycles. The van der Waals surface area contributed by atoms with Gasteiger partial charge in [0.15, 0.2) is 6.04 Å². The van der Waals surface area contributed by atoms with Crippen LogP contribution in [0.25, 0.3) is 11.1 Å². The maximum Gasteiger partial charge on any atom is 0.408 e. The Kier molecular flexibility index (Phi) is 16.6. The van der Waals surface area contributed by atoms with Crippen molar-refractivity contribution in [3.8, 4) is 11.1 Å². The highest BCUT2D eigenvalue weighted by atomic mass is 32.2. The molecule has 0 spiro atoms. The van der Waals surface area contributed by atoms with Gasteiger partial charge in [-0.15, -0.1) is 11.8 Å². The molecular formula is C38H56N4O9S. The fourth-order valence-electron chi connectivity index (χ4n) is 4.85. The third kappa shape index (κ3) is 15.6. The summed E-state index contributed by atoms with van der Waals surface area (Å²) >= 11 is 1.18. The van der Waals surface area contributed by atoms with Crippen LogP contribution in [0, 0.1) is 0 Å². The lowest BCUT2D eigenvalue weighted by atomic mass is 9.95. The van der Waals surface area contributed by atoms with Gasteiger partial charge in [-0.05, 0) is 79.0 Å². The molecule has 2 aromatic rings. The van der Waals surface area contributed by atoms with Crippen LogP contribution in [-0.2, 0) is 43.7 Å². The number of hydrogen-bond acceptors (Lipinski definition) is 10. The molecule has 0 saturated heterocycles. The molecule has 0 fully saturated rings. The summed E-state index contributed by atoms with van der Waals surface area (Å²) in [5, 5.41) is 10.6. The number of esters is 1. The first-order valence-corrected chi connectivity index (χ1v) is 18.3. The minimum absolute atomic E-state index is 0.0144. The van der Waals surface area contributed by atoms with Crippen molar-refractivity contribution in [3.05, 3.63) is 60.2 Å². The zero-order valence-corrected chi connectivity index (χ0v) is 33.0. The van der Waals surface area contributed by atoms with Crippen molar-refractivity contribution in [1.29, 1.82) is 0 Å². The number of rotatable bonds is 17. The number of alkyl carbamates (subject to hydrolysis) is 1. The molecule has 0 aliphatic carbocycles. The second-order valence-electron chi connectivity index (χ2n) is 14.7. The normalized spacial score (nSPS) is 14.2. The first-order valence-electron chi connectivity index (χ1n) is 17.1. The fourth-order valence-corrected chi connectivity index (χ4v) is 5.74. The maximum atomic E-state index is 13.9. The molecule has 2 aromatic carbocycles. The number of carbonyl (C=O) groups is 5. The van der Waals surface area contributed by atoms with Gasteiger partial charge >= 0.3 is 12.1 Å². The van der Waals surface area contributed by atoms with Crippen molar-refractivity contribution in [2.45, 2.75) is 110 Å². The predicted molar refractivity (Wildman–Crippen MR) is 201 cm³/mol. The Morgan fingerprint density at radius 2 is 1.35 bits per heavy atom. The molecule has 0 aliphatic heterocycles. The second-order valence-corrected chi connectivity index (χ2v) is 15.7. The Labute approximate surface area is 312 Å². The number of amides is 4. The largest absolute Gasteiger partial charge is 0.467 e. The van der Waals surface area contributed by atoms with Crippen LogP contribution in [0.15, 0.2) is 54.6 Å². The topological polar surface area (TPSA) is 170 Å². The van der Waals surface area contributed by atoms with E-state index in [0.717, 1.165) is 16.7 Å². The molecule has 13 nitrogen and oxygen atoms in total. The van der Waals surface area contributed by atoms with Crippen LogP contribution >= 0.6 is 11.8 Å². The molecule has 2 rings (SSSR count). The zero-order chi connectivity index (χ0) is 39.3. The summed E-state index contributed by atoms with van der Waals surface area (Å²) in [4.78, 5) is 65.1. The summed E-state index contributed by atoms with van der Waals surface area (Å²) in [6.07, 6.45) is -1.76. The minimum Gasteiger partial charge on any atom is -0.467 e. The number of hydrogen-bond donors (Lipinski definition) is 4. The van der Waals surface area contributed by atoms with Crippen molar-refractivity contribution in [3.63, 3.8) is 0 Å². The standard InChI is InChI=1S/C38H56N4O9S/c1-24(50-37(6,7)8)31(33(45)40-29(34(46)48-11)21-49-36(3,4)5)42-32(44)30(22-52-23-39-25(2)43)41-35(47)51-38(9,10)28-19-17-27(18-20-28)26-15-13-12-14-16-26/h12-20,24,29-31H,21-23H2,1-11H3,(H,39,43)(H,40,45)(H,41,47)(H,42,44)/t24-,29+,30-,31-/m1/s1. The number of ether oxygens (including phenoxy) is 4. The van der Waals surface area contributed by atoms with Gasteiger partial charge in [-0.2, -0.15) is 0 Å². The number of methoxy groups -OCH3 is 1. The van der Waals surface area contributed by atoms with Crippen LogP contribution in [-0.4, -0.2) is 90.6 Å². The average molecular weight is 745 g/mol. The number of nitrogens with one attached hydrogen (secondary N) is 4. The molecule has 0 heterocycles. The Bertz CT molecular complexity index is 1490. The van der Waals surface area contributed by atoms with Gasteiger partial charge < -0.3 is 40.2 Å². The number of thioether (sulfide) groups is 1. The van der Waals surface area contributed by atoms with Crippen molar-refractivity contribution in [1.82, 2.24) is 21.3 Å². The third-order valence-corrected chi connectivity index (χ3v) is 8.34. The molecule has 0 aliphatic rings. The van der Waals surface area contributed by atoms with E-state index in [9.17, 15) is 24.0 Å². The number of benzene rings is 2. The lowest BCUT2D eigenvalue weighted by Gasteiger charge is -2.33. The van der Waals surface area contributed by atoms with E-state index in [1.807, 2.05) is 54.6 Å². The Morgan fingerprint density at radius 1 is 0.750 bits per heavy atom.